The van der Waals surface area contributed by atoms with E-state index < -0.39 is 0 Å². The lowest BCUT2D eigenvalue weighted by molar-refractivity contribution is 0.102. The van der Waals surface area contributed by atoms with E-state index in [1.165, 1.54) is 10.7 Å². The number of carbonyl (C=O) groups excluding carboxylic acids is 1. The highest BCUT2D eigenvalue weighted by atomic mass is 127. The summed E-state index contributed by atoms with van der Waals surface area (Å²) in [4.78, 5) is 12.2. The second-order valence-corrected chi connectivity index (χ2v) is 4.51. The first-order valence-electron chi connectivity index (χ1n) is 4.71. The third-order valence-corrected chi connectivity index (χ3v) is 3.05. The highest BCUT2D eigenvalue weighted by Crippen LogP contribution is 2.15. The number of halogens is 1. The molecule has 2 aromatic heterocycles. The highest BCUT2D eigenvalue weighted by molar-refractivity contribution is 14.1. The number of nitrogens with zero attached hydrogens (tertiary/aromatic N) is 5. The zero-order chi connectivity index (χ0) is 12.6. The number of aryl methyl sites for hydroxylation is 2. The van der Waals surface area contributed by atoms with Gasteiger partial charge in [-0.3, -0.25) is 14.2 Å². The van der Waals surface area contributed by atoms with Crippen LogP contribution in [-0.4, -0.2) is 25.3 Å². The van der Waals surface area contributed by atoms with Gasteiger partial charge in [-0.2, -0.15) is 15.5 Å². The van der Waals surface area contributed by atoms with E-state index in [2.05, 4.69) is 10.2 Å². The average Bonchev–Trinajstić information content (AvgIpc) is 2.81. The lowest BCUT2D eigenvalue weighted by Gasteiger charge is -1.98. The van der Waals surface area contributed by atoms with Crippen molar-refractivity contribution in [2.24, 2.45) is 14.1 Å². The molecule has 0 bridgehead atoms. The standard InChI is InChI=1S/C10H8IN5O/c1-15-5-7(10(11)14-15)9(17)8-3-6(4-12)13-16(8)2/h3,5H,1-2H3. The third-order valence-electron chi connectivity index (χ3n) is 2.26. The van der Waals surface area contributed by atoms with E-state index in [-0.39, 0.29) is 11.5 Å². The van der Waals surface area contributed by atoms with Gasteiger partial charge in [0.05, 0.1) is 5.56 Å². The van der Waals surface area contributed by atoms with Gasteiger partial charge in [0.25, 0.3) is 0 Å². The van der Waals surface area contributed by atoms with Crippen molar-refractivity contribution in [2.75, 3.05) is 0 Å². The minimum atomic E-state index is -0.181. The monoisotopic (exact) mass is 341 g/mol. The van der Waals surface area contributed by atoms with Gasteiger partial charge >= 0.3 is 0 Å². The van der Waals surface area contributed by atoms with Crippen LogP contribution in [0.2, 0.25) is 0 Å². The Morgan fingerprint density at radius 3 is 2.65 bits per heavy atom. The van der Waals surface area contributed by atoms with Crippen molar-refractivity contribution in [1.82, 2.24) is 19.6 Å². The Morgan fingerprint density at radius 1 is 1.47 bits per heavy atom. The van der Waals surface area contributed by atoms with Crippen LogP contribution in [0.1, 0.15) is 21.7 Å². The fraction of sp³-hybridized carbons (Fsp3) is 0.200. The summed E-state index contributed by atoms with van der Waals surface area (Å²) >= 11 is 2.00. The molecule has 0 saturated heterocycles. The molecule has 0 aliphatic carbocycles. The molecule has 0 N–H and O–H groups in total. The number of hydrogen-bond donors (Lipinski definition) is 0. The summed E-state index contributed by atoms with van der Waals surface area (Å²) in [5.74, 6) is -0.181. The second kappa shape index (κ2) is 4.29. The van der Waals surface area contributed by atoms with Crippen molar-refractivity contribution in [1.29, 1.82) is 5.26 Å². The number of carbonyl (C=O) groups is 1. The predicted molar refractivity (Wildman–Crippen MR) is 67.3 cm³/mol. The summed E-state index contributed by atoms with van der Waals surface area (Å²) in [6.07, 6.45) is 1.66. The van der Waals surface area contributed by atoms with Crippen molar-refractivity contribution in [3.8, 4) is 6.07 Å². The molecule has 0 aromatic carbocycles. The fourth-order valence-corrected chi connectivity index (χ4v) is 2.21. The van der Waals surface area contributed by atoms with E-state index in [1.54, 1.807) is 25.0 Å². The molecule has 0 atom stereocenters. The summed E-state index contributed by atoms with van der Waals surface area (Å²) in [7, 11) is 3.39. The summed E-state index contributed by atoms with van der Waals surface area (Å²) in [6.45, 7) is 0. The third kappa shape index (κ3) is 2.08. The maximum Gasteiger partial charge on any atom is 0.215 e. The molecular weight excluding hydrogens is 333 g/mol. The SMILES string of the molecule is Cn1cc(C(=O)c2cc(C#N)nn2C)c(I)n1. The van der Waals surface area contributed by atoms with E-state index in [4.69, 9.17) is 5.26 Å². The summed E-state index contributed by atoms with van der Waals surface area (Å²) in [5, 5.41) is 16.8. The molecule has 0 amide bonds. The van der Waals surface area contributed by atoms with Crippen LogP contribution in [0.25, 0.3) is 0 Å². The van der Waals surface area contributed by atoms with E-state index in [1.807, 2.05) is 28.7 Å². The van der Waals surface area contributed by atoms with E-state index >= 15 is 0 Å². The van der Waals surface area contributed by atoms with Gasteiger partial charge in [-0.1, -0.05) is 0 Å². The molecule has 0 aliphatic heterocycles. The molecule has 0 saturated carbocycles. The molecule has 0 unspecified atom stereocenters. The van der Waals surface area contributed by atoms with Crippen molar-refractivity contribution in [2.45, 2.75) is 0 Å². The van der Waals surface area contributed by atoms with Gasteiger partial charge in [0.15, 0.2) is 5.69 Å². The van der Waals surface area contributed by atoms with E-state index in [0.29, 0.717) is 15.0 Å². The first kappa shape index (κ1) is 11.8. The van der Waals surface area contributed by atoms with Crippen molar-refractivity contribution >= 4 is 28.4 Å². The first-order chi connectivity index (χ1) is 8.02. The topological polar surface area (TPSA) is 76.5 Å². The van der Waals surface area contributed by atoms with Crippen LogP contribution in [0.3, 0.4) is 0 Å². The quantitative estimate of drug-likeness (QED) is 0.600. The first-order valence-corrected chi connectivity index (χ1v) is 5.78. The van der Waals surface area contributed by atoms with E-state index in [9.17, 15) is 4.79 Å². The van der Waals surface area contributed by atoms with Gasteiger partial charge in [0.2, 0.25) is 5.78 Å². The molecule has 0 radical (unpaired) electrons. The minimum Gasteiger partial charge on any atom is -0.287 e. The fourth-order valence-electron chi connectivity index (χ4n) is 1.49. The molecule has 0 aliphatic rings. The molecular formula is C10H8IN5O. The molecule has 17 heavy (non-hydrogen) atoms. The van der Waals surface area contributed by atoms with Crippen LogP contribution < -0.4 is 0 Å². The summed E-state index contributed by atoms with van der Waals surface area (Å²) in [6, 6.07) is 3.39. The van der Waals surface area contributed by atoms with Crippen LogP contribution in [-0.2, 0) is 14.1 Å². The van der Waals surface area contributed by atoms with Crippen molar-refractivity contribution in [3.05, 3.63) is 32.9 Å². The molecule has 2 aromatic rings. The van der Waals surface area contributed by atoms with Crippen molar-refractivity contribution in [3.63, 3.8) is 0 Å². The Bertz CT molecular complexity index is 634. The maximum absolute atomic E-state index is 12.2. The van der Waals surface area contributed by atoms with Gasteiger partial charge in [0, 0.05) is 26.4 Å². The van der Waals surface area contributed by atoms with Crippen molar-refractivity contribution < 1.29 is 4.79 Å². The summed E-state index contributed by atoms with van der Waals surface area (Å²) < 4.78 is 3.62. The van der Waals surface area contributed by atoms with Crippen LogP contribution >= 0.6 is 22.6 Å². The zero-order valence-electron chi connectivity index (χ0n) is 9.18. The minimum absolute atomic E-state index is 0.181. The van der Waals surface area contributed by atoms with Gasteiger partial charge in [-0.15, -0.1) is 0 Å². The molecule has 0 fully saturated rings. The molecule has 2 heterocycles. The summed E-state index contributed by atoms with van der Waals surface area (Å²) in [5.41, 5.74) is 1.13. The zero-order valence-corrected chi connectivity index (χ0v) is 11.3. The Hall–Kier alpha value is -1.69. The number of hydrogen-bond acceptors (Lipinski definition) is 4. The van der Waals surface area contributed by atoms with Crippen LogP contribution in [0, 0.1) is 15.0 Å². The number of ketones is 1. The molecule has 0 spiro atoms. The second-order valence-electron chi connectivity index (χ2n) is 3.49. The van der Waals surface area contributed by atoms with Gasteiger partial charge < -0.3 is 0 Å². The largest absolute Gasteiger partial charge is 0.287 e. The molecule has 86 valence electrons. The Labute approximate surface area is 111 Å². The molecule has 6 nitrogen and oxygen atoms in total. The smallest absolute Gasteiger partial charge is 0.215 e. The molecule has 2 rings (SSSR count). The van der Waals surface area contributed by atoms with Gasteiger partial charge in [-0.25, -0.2) is 0 Å². The lowest BCUT2D eigenvalue weighted by Crippen LogP contribution is -2.08. The normalized spacial score (nSPS) is 10.2. The lowest BCUT2D eigenvalue weighted by atomic mass is 10.1. The van der Waals surface area contributed by atoms with Gasteiger partial charge in [-0.05, 0) is 22.6 Å². The number of aromatic nitrogens is 4. The predicted octanol–water partition coefficient (Wildman–Crippen LogP) is 0.861. The maximum atomic E-state index is 12.2. The Morgan fingerprint density at radius 2 is 2.18 bits per heavy atom. The number of rotatable bonds is 2. The van der Waals surface area contributed by atoms with Crippen LogP contribution in [0.4, 0.5) is 0 Å². The average molecular weight is 341 g/mol. The Balaban J connectivity index is 2.47. The number of nitriles is 1. The van der Waals surface area contributed by atoms with E-state index in [0.717, 1.165) is 0 Å². The molecule has 7 heteroatoms. The highest BCUT2D eigenvalue weighted by Gasteiger charge is 2.19. The van der Waals surface area contributed by atoms with Crippen LogP contribution in [0.5, 0.6) is 0 Å². The van der Waals surface area contributed by atoms with Gasteiger partial charge in [0.1, 0.15) is 15.5 Å². The Kier molecular flexibility index (Phi) is 2.97. The van der Waals surface area contributed by atoms with Crippen LogP contribution in [0.15, 0.2) is 12.3 Å².